The highest BCUT2D eigenvalue weighted by atomic mass is 16.1. The molecule has 0 aromatic rings. The minimum atomic E-state index is -0.423. The molecule has 1 aliphatic rings. The summed E-state index contributed by atoms with van der Waals surface area (Å²) in [7, 11) is 1.78. The summed E-state index contributed by atoms with van der Waals surface area (Å²) in [4.78, 5) is 10.8. The molecular formula is C8H12N2O. The first-order valence-electron chi connectivity index (χ1n) is 3.84. The number of nitrogens with one attached hydrogen (secondary N) is 1. The molecule has 0 unspecified atom stereocenters. The molecule has 3 nitrogen and oxygen atoms in total. The summed E-state index contributed by atoms with van der Waals surface area (Å²) in [5, 5.41) is 11.8. The number of ketones is 1. The maximum Gasteiger partial charge on any atom is 0.133 e. The van der Waals surface area contributed by atoms with Gasteiger partial charge in [0.2, 0.25) is 0 Å². The van der Waals surface area contributed by atoms with Gasteiger partial charge in [-0.05, 0) is 19.9 Å². The smallest absolute Gasteiger partial charge is 0.133 e. The van der Waals surface area contributed by atoms with E-state index >= 15 is 0 Å². The Morgan fingerprint density at radius 1 is 1.55 bits per heavy atom. The van der Waals surface area contributed by atoms with E-state index in [1.165, 1.54) is 0 Å². The third-order valence-corrected chi connectivity index (χ3v) is 2.35. The molecule has 0 aromatic carbocycles. The van der Waals surface area contributed by atoms with E-state index in [-0.39, 0.29) is 5.78 Å². The summed E-state index contributed by atoms with van der Waals surface area (Å²) in [5.74, 6) is 0.283. The van der Waals surface area contributed by atoms with Crippen LogP contribution in [0.4, 0.5) is 0 Å². The Balaban J connectivity index is 2.61. The van der Waals surface area contributed by atoms with E-state index in [1.54, 1.807) is 7.05 Å². The Kier molecular flexibility index (Phi) is 2.25. The van der Waals surface area contributed by atoms with Crippen molar-refractivity contribution in [1.82, 2.24) is 5.32 Å². The highest BCUT2D eigenvalue weighted by molar-refractivity contribution is 5.79. The monoisotopic (exact) mass is 152 g/mol. The number of rotatable bonds is 1. The quantitative estimate of drug-likeness (QED) is 0.599. The third kappa shape index (κ3) is 1.58. The largest absolute Gasteiger partial charge is 0.302 e. The van der Waals surface area contributed by atoms with Crippen LogP contribution in [-0.2, 0) is 4.79 Å². The molecule has 0 aliphatic heterocycles. The Hall–Kier alpha value is -0.880. The number of nitriles is 1. The van der Waals surface area contributed by atoms with Gasteiger partial charge in [0.15, 0.2) is 0 Å². The van der Waals surface area contributed by atoms with Crippen molar-refractivity contribution in [1.29, 1.82) is 5.26 Å². The lowest BCUT2D eigenvalue weighted by molar-refractivity contribution is -0.121. The van der Waals surface area contributed by atoms with Gasteiger partial charge in [-0.1, -0.05) is 0 Å². The Morgan fingerprint density at radius 3 is 2.45 bits per heavy atom. The molecule has 1 N–H and O–H groups in total. The lowest BCUT2D eigenvalue weighted by atomic mass is 9.82. The molecule has 0 bridgehead atoms. The van der Waals surface area contributed by atoms with Crippen molar-refractivity contribution in [3.63, 3.8) is 0 Å². The fourth-order valence-corrected chi connectivity index (χ4v) is 1.37. The van der Waals surface area contributed by atoms with Crippen LogP contribution in [0.15, 0.2) is 0 Å². The molecule has 0 amide bonds. The van der Waals surface area contributed by atoms with Gasteiger partial charge in [-0.2, -0.15) is 5.26 Å². The average Bonchev–Trinajstić information content (AvgIpc) is 2.07. The van der Waals surface area contributed by atoms with E-state index in [2.05, 4.69) is 11.4 Å². The summed E-state index contributed by atoms with van der Waals surface area (Å²) in [6.45, 7) is 0. The summed E-state index contributed by atoms with van der Waals surface area (Å²) in [6, 6.07) is 2.22. The second-order valence-electron chi connectivity index (χ2n) is 2.98. The topological polar surface area (TPSA) is 52.9 Å². The van der Waals surface area contributed by atoms with Crippen molar-refractivity contribution in [2.75, 3.05) is 7.05 Å². The zero-order chi connectivity index (χ0) is 8.32. The molecule has 1 aliphatic carbocycles. The van der Waals surface area contributed by atoms with Crippen LogP contribution in [0.3, 0.4) is 0 Å². The highest BCUT2D eigenvalue weighted by Gasteiger charge is 2.32. The molecule has 11 heavy (non-hydrogen) atoms. The molecule has 3 heteroatoms. The van der Waals surface area contributed by atoms with Gasteiger partial charge >= 0.3 is 0 Å². The highest BCUT2D eigenvalue weighted by Crippen LogP contribution is 2.24. The number of nitrogens with zero attached hydrogens (tertiary/aromatic N) is 1. The standard InChI is InChI=1S/C8H12N2O/c1-10-8(6-9)4-2-7(11)3-5-8/h10H,2-5H2,1H3. The first-order valence-corrected chi connectivity index (χ1v) is 3.84. The molecule has 60 valence electrons. The van der Waals surface area contributed by atoms with Gasteiger partial charge in [-0.3, -0.25) is 4.79 Å². The Bertz CT molecular complexity index is 195. The first-order chi connectivity index (χ1) is 5.22. The number of hydrogen-bond donors (Lipinski definition) is 1. The molecule has 0 spiro atoms. The normalized spacial score (nSPS) is 22.7. The summed E-state index contributed by atoms with van der Waals surface area (Å²) in [5.41, 5.74) is -0.423. The SMILES string of the molecule is CNC1(C#N)CCC(=O)CC1. The third-order valence-electron chi connectivity index (χ3n) is 2.35. The van der Waals surface area contributed by atoms with E-state index < -0.39 is 5.54 Å². The predicted octanol–water partition coefficient (Wildman–Crippen LogP) is 0.611. The average molecular weight is 152 g/mol. The van der Waals surface area contributed by atoms with Gasteiger partial charge in [0.25, 0.3) is 0 Å². The van der Waals surface area contributed by atoms with Gasteiger partial charge in [0, 0.05) is 12.8 Å². The van der Waals surface area contributed by atoms with Gasteiger partial charge in [0.05, 0.1) is 6.07 Å². The van der Waals surface area contributed by atoms with Crippen LogP contribution >= 0.6 is 0 Å². The number of carbonyl (C=O) groups excluding carboxylic acids is 1. The second-order valence-corrected chi connectivity index (χ2v) is 2.98. The van der Waals surface area contributed by atoms with Crippen LogP contribution in [-0.4, -0.2) is 18.4 Å². The first kappa shape index (κ1) is 8.22. The van der Waals surface area contributed by atoms with E-state index in [9.17, 15) is 4.79 Å². The van der Waals surface area contributed by atoms with Crippen LogP contribution < -0.4 is 5.32 Å². The number of hydrogen-bond acceptors (Lipinski definition) is 3. The van der Waals surface area contributed by atoms with E-state index in [1.807, 2.05) is 0 Å². The molecule has 1 fully saturated rings. The van der Waals surface area contributed by atoms with Gasteiger partial charge in [0.1, 0.15) is 11.3 Å². The maximum atomic E-state index is 10.8. The summed E-state index contributed by atoms with van der Waals surface area (Å²) >= 11 is 0. The molecule has 0 aromatic heterocycles. The van der Waals surface area contributed by atoms with Crippen LogP contribution in [0, 0.1) is 11.3 Å². The van der Waals surface area contributed by atoms with Gasteiger partial charge in [-0.25, -0.2) is 0 Å². The molecule has 0 saturated heterocycles. The van der Waals surface area contributed by atoms with Crippen LogP contribution in [0.2, 0.25) is 0 Å². The van der Waals surface area contributed by atoms with Crippen LogP contribution in [0.5, 0.6) is 0 Å². The Labute approximate surface area is 66.4 Å². The number of carbonyl (C=O) groups is 1. The fourth-order valence-electron chi connectivity index (χ4n) is 1.37. The van der Waals surface area contributed by atoms with Crippen molar-refractivity contribution in [2.45, 2.75) is 31.2 Å². The van der Waals surface area contributed by atoms with Crippen molar-refractivity contribution in [2.24, 2.45) is 0 Å². The lowest BCUT2D eigenvalue weighted by Crippen LogP contribution is -2.44. The minimum Gasteiger partial charge on any atom is -0.302 e. The minimum absolute atomic E-state index is 0.283. The van der Waals surface area contributed by atoms with Crippen molar-refractivity contribution in [3.8, 4) is 6.07 Å². The molecule has 0 radical (unpaired) electrons. The molecule has 0 atom stereocenters. The summed E-state index contributed by atoms with van der Waals surface area (Å²) < 4.78 is 0. The zero-order valence-electron chi connectivity index (χ0n) is 6.68. The molecular weight excluding hydrogens is 140 g/mol. The number of Topliss-reactive ketones (excluding diaryl/α,β-unsaturated/α-hetero) is 1. The van der Waals surface area contributed by atoms with Gasteiger partial charge in [-0.15, -0.1) is 0 Å². The zero-order valence-corrected chi connectivity index (χ0v) is 6.68. The van der Waals surface area contributed by atoms with E-state index in [0.717, 1.165) is 0 Å². The lowest BCUT2D eigenvalue weighted by Gasteiger charge is -2.29. The Morgan fingerprint density at radius 2 is 2.09 bits per heavy atom. The van der Waals surface area contributed by atoms with Gasteiger partial charge < -0.3 is 5.32 Å². The van der Waals surface area contributed by atoms with Crippen LogP contribution in [0.1, 0.15) is 25.7 Å². The second kappa shape index (κ2) is 3.02. The predicted molar refractivity (Wildman–Crippen MR) is 40.9 cm³/mol. The maximum absolute atomic E-state index is 10.8. The van der Waals surface area contributed by atoms with Crippen molar-refractivity contribution >= 4 is 5.78 Å². The summed E-state index contributed by atoms with van der Waals surface area (Å²) in [6.07, 6.45) is 2.43. The molecule has 1 rings (SSSR count). The fraction of sp³-hybridized carbons (Fsp3) is 0.750. The van der Waals surface area contributed by atoms with E-state index in [4.69, 9.17) is 5.26 Å². The molecule has 1 saturated carbocycles. The van der Waals surface area contributed by atoms with Crippen molar-refractivity contribution in [3.05, 3.63) is 0 Å². The van der Waals surface area contributed by atoms with Crippen molar-refractivity contribution < 1.29 is 4.79 Å². The molecule has 0 heterocycles. The van der Waals surface area contributed by atoms with E-state index in [0.29, 0.717) is 25.7 Å². The van der Waals surface area contributed by atoms with Crippen LogP contribution in [0.25, 0.3) is 0 Å².